The number of benzene rings is 2. The van der Waals surface area contributed by atoms with E-state index in [4.69, 9.17) is 11.6 Å². The fourth-order valence-electron chi connectivity index (χ4n) is 2.18. The fourth-order valence-corrected chi connectivity index (χ4v) is 3.40. The Labute approximate surface area is 143 Å². The summed E-state index contributed by atoms with van der Waals surface area (Å²) in [5, 5.41) is 9.72. The van der Waals surface area contributed by atoms with Crippen molar-refractivity contribution in [1.82, 2.24) is 14.8 Å². The van der Waals surface area contributed by atoms with Gasteiger partial charge in [0.05, 0.1) is 0 Å². The van der Waals surface area contributed by atoms with Crippen molar-refractivity contribution in [3.05, 3.63) is 64.4 Å². The average molecular weight is 348 g/mol. The van der Waals surface area contributed by atoms with Gasteiger partial charge in [-0.2, -0.15) is 0 Å². The lowest BCUT2D eigenvalue weighted by Gasteiger charge is -2.06. The van der Waals surface area contributed by atoms with Crippen LogP contribution in [0.1, 0.15) is 11.1 Å². The zero-order valence-electron chi connectivity index (χ0n) is 12.8. The fraction of sp³-hybridized carbons (Fsp3) is 0.176. The van der Waals surface area contributed by atoms with E-state index in [0.717, 1.165) is 22.1 Å². The molecule has 23 heavy (non-hydrogen) atoms. The number of hydrogen-bond donors (Lipinski definition) is 0. The van der Waals surface area contributed by atoms with Crippen molar-refractivity contribution in [3.8, 4) is 11.4 Å². The topological polar surface area (TPSA) is 30.7 Å². The highest BCUT2D eigenvalue weighted by Crippen LogP contribution is 2.28. The first-order chi connectivity index (χ1) is 11.0. The molecule has 0 radical (unpaired) electrons. The van der Waals surface area contributed by atoms with Crippen LogP contribution in [0, 0.1) is 12.7 Å². The zero-order chi connectivity index (χ0) is 16.4. The lowest BCUT2D eigenvalue weighted by Crippen LogP contribution is -1.95. The van der Waals surface area contributed by atoms with Crippen molar-refractivity contribution < 1.29 is 4.39 Å². The number of rotatable bonds is 4. The van der Waals surface area contributed by atoms with Crippen LogP contribution in [0.4, 0.5) is 4.39 Å². The molecule has 0 saturated heterocycles. The van der Waals surface area contributed by atoms with Gasteiger partial charge in [-0.05, 0) is 24.6 Å². The van der Waals surface area contributed by atoms with Crippen LogP contribution < -0.4 is 0 Å². The van der Waals surface area contributed by atoms with Crippen LogP contribution in [0.2, 0.25) is 5.02 Å². The van der Waals surface area contributed by atoms with Gasteiger partial charge in [-0.3, -0.25) is 0 Å². The summed E-state index contributed by atoms with van der Waals surface area (Å²) in [6.45, 7) is 2.05. The van der Waals surface area contributed by atoms with Crippen LogP contribution in [-0.2, 0) is 12.8 Å². The zero-order valence-corrected chi connectivity index (χ0v) is 14.3. The van der Waals surface area contributed by atoms with Crippen LogP contribution in [0.25, 0.3) is 11.4 Å². The standard InChI is InChI=1S/C17H15ClFN3S/c1-11-3-5-12(6-4-11)16-20-21-17(22(16)2)23-10-13-7-8-14(19)9-15(13)18/h3-9H,10H2,1-2H3. The van der Waals surface area contributed by atoms with Gasteiger partial charge < -0.3 is 4.57 Å². The van der Waals surface area contributed by atoms with Crippen molar-refractivity contribution in [2.24, 2.45) is 7.05 Å². The molecule has 6 heteroatoms. The van der Waals surface area contributed by atoms with E-state index in [2.05, 4.69) is 22.3 Å². The van der Waals surface area contributed by atoms with E-state index in [0.29, 0.717) is 10.8 Å². The molecule has 1 heterocycles. The molecule has 3 rings (SSSR count). The van der Waals surface area contributed by atoms with Crippen molar-refractivity contribution in [3.63, 3.8) is 0 Å². The minimum atomic E-state index is -0.330. The van der Waals surface area contributed by atoms with Gasteiger partial charge in [0.1, 0.15) is 5.82 Å². The van der Waals surface area contributed by atoms with E-state index in [1.165, 1.54) is 29.5 Å². The molecular formula is C17H15ClFN3S. The number of aromatic nitrogens is 3. The number of thioether (sulfide) groups is 1. The Bertz CT molecular complexity index is 830. The Balaban J connectivity index is 1.78. The molecule has 118 valence electrons. The first-order valence-corrected chi connectivity index (χ1v) is 8.44. The van der Waals surface area contributed by atoms with Crippen molar-refractivity contribution in [1.29, 1.82) is 0 Å². The average Bonchev–Trinajstić information content (AvgIpc) is 2.88. The van der Waals surface area contributed by atoms with Crippen molar-refractivity contribution >= 4 is 23.4 Å². The maximum atomic E-state index is 13.1. The van der Waals surface area contributed by atoms with Crippen molar-refractivity contribution in [2.75, 3.05) is 0 Å². The molecule has 0 atom stereocenters. The molecule has 0 aliphatic carbocycles. The molecule has 0 N–H and O–H groups in total. The van der Waals surface area contributed by atoms with Crippen LogP contribution in [0.3, 0.4) is 0 Å². The van der Waals surface area contributed by atoms with Crippen LogP contribution in [0.15, 0.2) is 47.6 Å². The van der Waals surface area contributed by atoms with E-state index in [-0.39, 0.29) is 5.82 Å². The predicted octanol–water partition coefficient (Wildman–Crippen LogP) is 4.88. The number of aryl methyl sites for hydroxylation is 1. The highest BCUT2D eigenvalue weighted by Gasteiger charge is 2.12. The van der Waals surface area contributed by atoms with Gasteiger partial charge in [0, 0.05) is 23.4 Å². The van der Waals surface area contributed by atoms with E-state index >= 15 is 0 Å². The molecular weight excluding hydrogens is 333 g/mol. The van der Waals surface area contributed by atoms with Gasteiger partial charge in [-0.1, -0.05) is 59.3 Å². The maximum absolute atomic E-state index is 13.1. The number of nitrogens with zero attached hydrogens (tertiary/aromatic N) is 3. The van der Waals surface area contributed by atoms with Crippen molar-refractivity contribution in [2.45, 2.75) is 17.8 Å². The summed E-state index contributed by atoms with van der Waals surface area (Å²) < 4.78 is 15.0. The monoisotopic (exact) mass is 347 g/mol. The van der Waals surface area contributed by atoms with E-state index in [1.807, 2.05) is 30.7 Å². The van der Waals surface area contributed by atoms with Crippen LogP contribution in [0.5, 0.6) is 0 Å². The molecule has 0 bridgehead atoms. The van der Waals surface area contributed by atoms with E-state index < -0.39 is 0 Å². The molecule has 3 aromatic rings. The summed E-state index contributed by atoms with van der Waals surface area (Å²) in [5.74, 6) is 1.10. The molecule has 0 unspecified atom stereocenters. The van der Waals surface area contributed by atoms with E-state index in [9.17, 15) is 4.39 Å². The summed E-state index contributed by atoms with van der Waals surface area (Å²) in [6, 6.07) is 12.6. The molecule has 1 aromatic heterocycles. The SMILES string of the molecule is Cc1ccc(-c2nnc(SCc3ccc(F)cc3Cl)n2C)cc1. The first-order valence-electron chi connectivity index (χ1n) is 7.08. The van der Waals surface area contributed by atoms with Gasteiger partial charge >= 0.3 is 0 Å². The Morgan fingerprint density at radius 1 is 1.13 bits per heavy atom. The largest absolute Gasteiger partial charge is 0.305 e. The third-order valence-electron chi connectivity index (χ3n) is 3.52. The van der Waals surface area contributed by atoms with Crippen LogP contribution in [-0.4, -0.2) is 14.8 Å². The summed E-state index contributed by atoms with van der Waals surface area (Å²) in [4.78, 5) is 0. The Morgan fingerprint density at radius 2 is 1.87 bits per heavy atom. The quantitative estimate of drug-likeness (QED) is 0.630. The minimum Gasteiger partial charge on any atom is -0.305 e. The highest BCUT2D eigenvalue weighted by molar-refractivity contribution is 7.98. The molecule has 0 amide bonds. The second kappa shape index (κ2) is 6.72. The molecule has 0 spiro atoms. The third-order valence-corrected chi connectivity index (χ3v) is 4.94. The molecule has 0 saturated carbocycles. The second-order valence-corrected chi connectivity index (χ2v) is 6.61. The van der Waals surface area contributed by atoms with Gasteiger partial charge in [0.15, 0.2) is 11.0 Å². The second-order valence-electron chi connectivity index (χ2n) is 5.26. The number of halogens is 2. The minimum absolute atomic E-state index is 0.330. The summed E-state index contributed by atoms with van der Waals surface area (Å²) in [5.41, 5.74) is 3.10. The third kappa shape index (κ3) is 3.57. The molecule has 0 aliphatic rings. The molecule has 3 nitrogen and oxygen atoms in total. The van der Waals surface area contributed by atoms with Crippen LogP contribution >= 0.6 is 23.4 Å². The summed E-state index contributed by atoms with van der Waals surface area (Å²) >= 11 is 7.58. The Kier molecular flexibility index (Phi) is 4.68. The molecule has 0 fully saturated rings. The maximum Gasteiger partial charge on any atom is 0.191 e. The first kappa shape index (κ1) is 16.0. The van der Waals surface area contributed by atoms with Gasteiger partial charge in [0.25, 0.3) is 0 Å². The molecule has 2 aromatic carbocycles. The molecule has 0 aliphatic heterocycles. The summed E-state index contributed by atoms with van der Waals surface area (Å²) in [7, 11) is 1.93. The smallest absolute Gasteiger partial charge is 0.191 e. The highest BCUT2D eigenvalue weighted by atomic mass is 35.5. The van der Waals surface area contributed by atoms with Gasteiger partial charge in [-0.15, -0.1) is 10.2 Å². The Morgan fingerprint density at radius 3 is 2.57 bits per heavy atom. The predicted molar refractivity (Wildman–Crippen MR) is 92.1 cm³/mol. The normalized spacial score (nSPS) is 11.0. The lowest BCUT2D eigenvalue weighted by atomic mass is 10.1. The Hall–Kier alpha value is -1.85. The number of hydrogen-bond acceptors (Lipinski definition) is 3. The van der Waals surface area contributed by atoms with E-state index in [1.54, 1.807) is 6.07 Å². The summed E-state index contributed by atoms with van der Waals surface area (Å²) in [6.07, 6.45) is 0. The van der Waals surface area contributed by atoms with Gasteiger partial charge in [-0.25, -0.2) is 4.39 Å². The van der Waals surface area contributed by atoms with Gasteiger partial charge in [0.2, 0.25) is 0 Å². The lowest BCUT2D eigenvalue weighted by molar-refractivity contribution is 0.627.